The molecule has 0 aliphatic heterocycles. The van der Waals surface area contributed by atoms with Crippen LogP contribution in [0, 0.1) is 0 Å². The van der Waals surface area contributed by atoms with Crippen LogP contribution in [0.25, 0.3) is 22.1 Å². The van der Waals surface area contributed by atoms with E-state index in [-0.39, 0.29) is 11.5 Å². The molecular formula is C14H10O3. The van der Waals surface area contributed by atoms with Gasteiger partial charge in [-0.2, -0.15) is 0 Å². The second-order valence-electron chi connectivity index (χ2n) is 3.85. The van der Waals surface area contributed by atoms with E-state index in [4.69, 9.17) is 4.42 Å². The van der Waals surface area contributed by atoms with E-state index < -0.39 is 0 Å². The Labute approximate surface area is 97.6 Å². The lowest BCUT2D eigenvalue weighted by Crippen LogP contribution is -1.78. The fourth-order valence-electron chi connectivity index (χ4n) is 1.90. The van der Waals surface area contributed by atoms with Gasteiger partial charge < -0.3 is 14.6 Å². The highest BCUT2D eigenvalue weighted by atomic mass is 16.4. The number of phenolic OH excluding ortho intramolecular Hbond substituents is 1. The Morgan fingerprint density at radius 1 is 0.882 bits per heavy atom. The molecular weight excluding hydrogens is 216 g/mol. The summed E-state index contributed by atoms with van der Waals surface area (Å²) < 4.78 is 5.11. The van der Waals surface area contributed by atoms with Gasteiger partial charge >= 0.3 is 0 Å². The van der Waals surface area contributed by atoms with Gasteiger partial charge in [-0.15, -0.1) is 0 Å². The highest BCUT2D eigenvalue weighted by Gasteiger charge is 2.11. The summed E-state index contributed by atoms with van der Waals surface area (Å²) in [6.07, 6.45) is 1.26. The first kappa shape index (κ1) is 9.78. The van der Waals surface area contributed by atoms with Crippen LogP contribution in [0.3, 0.4) is 0 Å². The van der Waals surface area contributed by atoms with Crippen molar-refractivity contribution < 1.29 is 14.6 Å². The Morgan fingerprint density at radius 2 is 1.65 bits per heavy atom. The normalized spacial score (nSPS) is 10.8. The number of furan rings is 1. The van der Waals surface area contributed by atoms with Crippen molar-refractivity contribution in [3.63, 3.8) is 0 Å². The predicted octanol–water partition coefficient (Wildman–Crippen LogP) is 3.51. The maximum absolute atomic E-state index is 9.93. The standard InChI is InChI=1S/C14H10O3/c15-12-7-14-11(13(16)8-17-14)6-10(12)9-4-2-1-3-5-9/h1-8,15-16H. The Kier molecular flexibility index (Phi) is 2.05. The van der Waals surface area contributed by atoms with Crippen LogP contribution in [0.2, 0.25) is 0 Å². The van der Waals surface area contributed by atoms with Gasteiger partial charge in [0.2, 0.25) is 0 Å². The summed E-state index contributed by atoms with van der Waals surface area (Å²) in [7, 11) is 0. The average Bonchev–Trinajstić information content (AvgIpc) is 2.70. The number of rotatable bonds is 1. The van der Waals surface area contributed by atoms with E-state index in [2.05, 4.69) is 0 Å². The monoisotopic (exact) mass is 226 g/mol. The van der Waals surface area contributed by atoms with Gasteiger partial charge in [-0.1, -0.05) is 30.3 Å². The van der Waals surface area contributed by atoms with Crippen molar-refractivity contribution in [3.05, 3.63) is 48.7 Å². The number of phenols is 1. The molecule has 0 unspecified atom stereocenters. The Hall–Kier alpha value is -2.42. The molecule has 0 amide bonds. The van der Waals surface area contributed by atoms with Crippen molar-refractivity contribution in [2.75, 3.05) is 0 Å². The smallest absolute Gasteiger partial charge is 0.161 e. The number of fused-ring (bicyclic) bond motifs is 1. The van der Waals surface area contributed by atoms with Gasteiger partial charge in [0.15, 0.2) is 5.75 Å². The van der Waals surface area contributed by atoms with Crippen molar-refractivity contribution in [1.82, 2.24) is 0 Å². The third-order valence-corrected chi connectivity index (χ3v) is 2.76. The second kappa shape index (κ2) is 3.56. The van der Waals surface area contributed by atoms with E-state index in [1.807, 2.05) is 30.3 Å². The molecule has 84 valence electrons. The van der Waals surface area contributed by atoms with Gasteiger partial charge in [-0.25, -0.2) is 0 Å². The van der Waals surface area contributed by atoms with Crippen molar-refractivity contribution in [2.45, 2.75) is 0 Å². The fourth-order valence-corrected chi connectivity index (χ4v) is 1.90. The zero-order chi connectivity index (χ0) is 11.8. The van der Waals surface area contributed by atoms with Crippen LogP contribution in [0.1, 0.15) is 0 Å². The first-order valence-electron chi connectivity index (χ1n) is 5.24. The molecule has 0 bridgehead atoms. The Balaban J connectivity index is 2.29. The van der Waals surface area contributed by atoms with E-state index in [0.29, 0.717) is 16.5 Å². The molecule has 0 fully saturated rings. The number of hydrogen-bond donors (Lipinski definition) is 2. The molecule has 0 saturated carbocycles. The maximum atomic E-state index is 9.93. The molecule has 0 atom stereocenters. The van der Waals surface area contributed by atoms with Crippen LogP contribution >= 0.6 is 0 Å². The Morgan fingerprint density at radius 3 is 2.41 bits per heavy atom. The number of aromatic hydroxyl groups is 2. The fraction of sp³-hybridized carbons (Fsp3) is 0. The second-order valence-corrected chi connectivity index (χ2v) is 3.85. The summed E-state index contributed by atoms with van der Waals surface area (Å²) in [5.41, 5.74) is 2.04. The average molecular weight is 226 g/mol. The van der Waals surface area contributed by atoms with E-state index in [0.717, 1.165) is 5.56 Å². The molecule has 2 aromatic carbocycles. The van der Waals surface area contributed by atoms with Crippen molar-refractivity contribution in [3.8, 4) is 22.6 Å². The third-order valence-electron chi connectivity index (χ3n) is 2.76. The molecule has 2 N–H and O–H groups in total. The highest BCUT2D eigenvalue weighted by molar-refractivity contribution is 5.91. The lowest BCUT2D eigenvalue weighted by Gasteiger charge is -2.04. The molecule has 0 radical (unpaired) electrons. The van der Waals surface area contributed by atoms with Gasteiger partial charge in [0.1, 0.15) is 17.6 Å². The van der Waals surface area contributed by atoms with E-state index >= 15 is 0 Å². The molecule has 3 rings (SSSR count). The molecule has 17 heavy (non-hydrogen) atoms. The van der Waals surface area contributed by atoms with Crippen molar-refractivity contribution in [2.24, 2.45) is 0 Å². The summed E-state index contributed by atoms with van der Waals surface area (Å²) in [6.45, 7) is 0. The van der Waals surface area contributed by atoms with Gasteiger partial charge in [-0.05, 0) is 11.6 Å². The summed E-state index contributed by atoms with van der Waals surface area (Å²) in [6, 6.07) is 12.7. The first-order chi connectivity index (χ1) is 8.25. The van der Waals surface area contributed by atoms with Crippen LogP contribution in [-0.4, -0.2) is 10.2 Å². The van der Waals surface area contributed by atoms with Crippen LogP contribution in [0.5, 0.6) is 11.5 Å². The van der Waals surface area contributed by atoms with Crippen molar-refractivity contribution in [1.29, 1.82) is 0 Å². The predicted molar refractivity (Wildman–Crippen MR) is 65.0 cm³/mol. The van der Waals surface area contributed by atoms with E-state index in [1.54, 1.807) is 6.07 Å². The maximum Gasteiger partial charge on any atom is 0.161 e. The Bertz CT molecular complexity index is 669. The quantitative estimate of drug-likeness (QED) is 0.667. The lowest BCUT2D eigenvalue weighted by molar-refractivity contribution is 0.463. The summed E-state index contributed by atoms with van der Waals surface area (Å²) in [5, 5.41) is 20.1. The molecule has 0 spiro atoms. The van der Waals surface area contributed by atoms with Gasteiger partial charge in [0.25, 0.3) is 0 Å². The molecule has 0 saturated heterocycles. The van der Waals surface area contributed by atoms with Crippen molar-refractivity contribution >= 4 is 11.0 Å². The molecule has 0 aliphatic rings. The summed E-state index contributed by atoms with van der Waals surface area (Å²) in [5.74, 6) is 0.218. The SMILES string of the molecule is Oc1cc2occ(O)c2cc1-c1ccccc1. The number of hydrogen-bond acceptors (Lipinski definition) is 3. The molecule has 0 aliphatic carbocycles. The lowest BCUT2D eigenvalue weighted by atomic mass is 10.0. The molecule has 3 aromatic rings. The highest BCUT2D eigenvalue weighted by Crippen LogP contribution is 2.37. The summed E-state index contributed by atoms with van der Waals surface area (Å²) >= 11 is 0. The zero-order valence-corrected chi connectivity index (χ0v) is 8.92. The third kappa shape index (κ3) is 1.52. The summed E-state index contributed by atoms with van der Waals surface area (Å²) in [4.78, 5) is 0. The minimum atomic E-state index is 0.0807. The zero-order valence-electron chi connectivity index (χ0n) is 8.92. The van der Waals surface area contributed by atoms with E-state index in [9.17, 15) is 10.2 Å². The molecule has 1 aromatic heterocycles. The van der Waals surface area contributed by atoms with Gasteiger partial charge in [-0.3, -0.25) is 0 Å². The minimum absolute atomic E-state index is 0.0807. The van der Waals surface area contributed by atoms with E-state index in [1.165, 1.54) is 12.3 Å². The number of benzene rings is 2. The van der Waals surface area contributed by atoms with Crippen LogP contribution in [-0.2, 0) is 0 Å². The first-order valence-corrected chi connectivity index (χ1v) is 5.24. The van der Waals surface area contributed by atoms with Gasteiger partial charge in [0.05, 0.1) is 5.39 Å². The molecule has 3 heteroatoms. The minimum Gasteiger partial charge on any atom is -0.507 e. The van der Waals surface area contributed by atoms with Crippen LogP contribution < -0.4 is 0 Å². The largest absolute Gasteiger partial charge is 0.507 e. The molecule has 1 heterocycles. The van der Waals surface area contributed by atoms with Crippen LogP contribution in [0.4, 0.5) is 0 Å². The van der Waals surface area contributed by atoms with Crippen LogP contribution in [0.15, 0.2) is 53.1 Å². The van der Waals surface area contributed by atoms with Gasteiger partial charge in [0, 0.05) is 11.6 Å². The molecule has 3 nitrogen and oxygen atoms in total. The topological polar surface area (TPSA) is 53.6 Å².